The van der Waals surface area contributed by atoms with E-state index >= 15 is 0 Å². The van der Waals surface area contributed by atoms with Gasteiger partial charge in [0.1, 0.15) is 11.3 Å². The van der Waals surface area contributed by atoms with Crippen LogP contribution in [-0.4, -0.2) is 33.9 Å². The number of aromatic nitrogens is 2. The number of fused-ring (bicyclic) bond motifs is 2. The molecule has 1 aliphatic rings. The van der Waals surface area contributed by atoms with Crippen molar-refractivity contribution in [1.82, 2.24) is 14.9 Å². The van der Waals surface area contributed by atoms with Crippen molar-refractivity contribution in [3.05, 3.63) is 54.3 Å². The molecule has 0 unspecified atom stereocenters. The maximum atomic E-state index is 13.4. The van der Waals surface area contributed by atoms with Crippen molar-refractivity contribution in [3.8, 4) is 11.1 Å². The lowest BCUT2D eigenvalue weighted by Crippen LogP contribution is -2.36. The minimum absolute atomic E-state index is 0.124. The van der Waals surface area contributed by atoms with Crippen molar-refractivity contribution in [1.29, 1.82) is 0 Å². The third-order valence-electron chi connectivity index (χ3n) is 5.65. The first-order valence-electron chi connectivity index (χ1n) is 9.51. The third-order valence-corrected chi connectivity index (χ3v) is 5.65. The summed E-state index contributed by atoms with van der Waals surface area (Å²) in [6.45, 7) is 3.10. The molecule has 5 rings (SSSR count). The Labute approximate surface area is 161 Å². The second-order valence-corrected chi connectivity index (χ2v) is 7.41. The Hall–Kier alpha value is -3.15. The molecule has 0 radical (unpaired) electrons. The first kappa shape index (κ1) is 17.0. The molecule has 1 N–H and O–H groups in total. The Morgan fingerprint density at radius 3 is 2.82 bits per heavy atom. The number of nitrogens with zero attached hydrogens (tertiary/aromatic N) is 2. The zero-order chi connectivity index (χ0) is 19.3. The number of H-pyrrole nitrogens is 1. The highest BCUT2D eigenvalue weighted by atomic mass is 19.1. The molecule has 1 saturated heterocycles. The summed E-state index contributed by atoms with van der Waals surface area (Å²) < 4.78 is 19.5. The van der Waals surface area contributed by atoms with Crippen LogP contribution in [0.15, 0.2) is 47.0 Å². The van der Waals surface area contributed by atoms with Crippen LogP contribution in [0, 0.1) is 5.82 Å². The van der Waals surface area contributed by atoms with Gasteiger partial charge in [0.25, 0.3) is 0 Å². The first-order valence-corrected chi connectivity index (χ1v) is 9.51. The zero-order valence-electron chi connectivity index (χ0n) is 15.5. The number of carbonyl (C=O) groups excluding carboxylic acids is 1. The maximum absolute atomic E-state index is 13.4. The number of likely N-dealkylation sites (tertiary alicyclic amines) is 1. The summed E-state index contributed by atoms with van der Waals surface area (Å²) in [6, 6.07) is 10.7. The lowest BCUT2D eigenvalue weighted by molar-refractivity contribution is -0.129. The predicted octanol–water partition coefficient (Wildman–Crippen LogP) is 4.84. The highest BCUT2D eigenvalue weighted by molar-refractivity contribution is 5.97. The van der Waals surface area contributed by atoms with Gasteiger partial charge in [-0.05, 0) is 48.7 Å². The molecule has 0 spiro atoms. The average Bonchev–Trinajstić information content (AvgIpc) is 3.31. The van der Waals surface area contributed by atoms with E-state index in [4.69, 9.17) is 4.42 Å². The Morgan fingerprint density at radius 2 is 2.04 bits per heavy atom. The minimum atomic E-state index is -0.257. The van der Waals surface area contributed by atoms with Gasteiger partial charge in [-0.25, -0.2) is 9.37 Å². The highest BCUT2D eigenvalue weighted by Crippen LogP contribution is 2.34. The molecule has 0 bridgehead atoms. The SMILES string of the molecule is CC(=O)N1CCC(c2nc3ccc(-c4c[nH]c5cc(F)ccc45)cc3o2)CC1. The van der Waals surface area contributed by atoms with Gasteiger partial charge in [0, 0.05) is 48.6 Å². The monoisotopic (exact) mass is 377 g/mol. The topological polar surface area (TPSA) is 62.1 Å². The van der Waals surface area contributed by atoms with E-state index in [-0.39, 0.29) is 17.6 Å². The highest BCUT2D eigenvalue weighted by Gasteiger charge is 2.25. The molecule has 0 atom stereocenters. The number of aromatic amines is 1. The van der Waals surface area contributed by atoms with Gasteiger partial charge in [-0.3, -0.25) is 4.79 Å². The molecule has 1 fully saturated rings. The molecule has 2 aromatic carbocycles. The molecular weight excluding hydrogens is 357 g/mol. The van der Waals surface area contributed by atoms with Crippen LogP contribution in [0.3, 0.4) is 0 Å². The minimum Gasteiger partial charge on any atom is -0.440 e. The molecule has 1 aliphatic heterocycles. The summed E-state index contributed by atoms with van der Waals surface area (Å²) in [6.07, 6.45) is 3.63. The van der Waals surface area contributed by atoms with E-state index in [9.17, 15) is 9.18 Å². The molecule has 2 aromatic heterocycles. The van der Waals surface area contributed by atoms with Gasteiger partial charge >= 0.3 is 0 Å². The largest absolute Gasteiger partial charge is 0.440 e. The van der Waals surface area contributed by atoms with Crippen LogP contribution in [0.1, 0.15) is 31.6 Å². The molecular formula is C22H20FN3O2. The number of hydrogen-bond acceptors (Lipinski definition) is 3. The van der Waals surface area contributed by atoms with Crippen molar-refractivity contribution < 1.29 is 13.6 Å². The van der Waals surface area contributed by atoms with Crippen molar-refractivity contribution in [2.75, 3.05) is 13.1 Å². The lowest BCUT2D eigenvalue weighted by atomic mass is 9.97. The fourth-order valence-corrected chi connectivity index (χ4v) is 4.06. The number of benzene rings is 2. The van der Waals surface area contributed by atoms with Crippen LogP contribution in [0.25, 0.3) is 33.1 Å². The fourth-order valence-electron chi connectivity index (χ4n) is 4.06. The quantitative estimate of drug-likeness (QED) is 0.544. The van der Waals surface area contributed by atoms with Crippen molar-refractivity contribution >= 4 is 27.9 Å². The van der Waals surface area contributed by atoms with E-state index in [1.165, 1.54) is 12.1 Å². The number of nitrogens with one attached hydrogen (secondary N) is 1. The molecule has 0 aliphatic carbocycles. The first-order chi connectivity index (χ1) is 13.6. The normalized spacial score (nSPS) is 15.6. The summed E-state index contributed by atoms with van der Waals surface area (Å²) >= 11 is 0. The Balaban J connectivity index is 1.46. The summed E-state index contributed by atoms with van der Waals surface area (Å²) in [5.74, 6) is 0.852. The zero-order valence-corrected chi connectivity index (χ0v) is 15.5. The number of carbonyl (C=O) groups is 1. The van der Waals surface area contributed by atoms with Gasteiger partial charge < -0.3 is 14.3 Å². The molecule has 0 saturated carbocycles. The van der Waals surface area contributed by atoms with Gasteiger partial charge in [0.2, 0.25) is 5.91 Å². The molecule has 1 amide bonds. The summed E-state index contributed by atoms with van der Waals surface area (Å²) in [5, 5.41) is 0.970. The van der Waals surface area contributed by atoms with E-state index in [0.29, 0.717) is 0 Å². The second-order valence-electron chi connectivity index (χ2n) is 7.41. The van der Waals surface area contributed by atoms with Crippen molar-refractivity contribution in [2.24, 2.45) is 0 Å². The van der Waals surface area contributed by atoms with E-state index in [2.05, 4.69) is 9.97 Å². The van der Waals surface area contributed by atoms with Gasteiger partial charge in [-0.2, -0.15) is 0 Å². The smallest absolute Gasteiger partial charge is 0.219 e. The Bertz CT molecular complexity index is 1190. The number of piperidine rings is 1. The predicted molar refractivity (Wildman–Crippen MR) is 105 cm³/mol. The van der Waals surface area contributed by atoms with E-state index in [1.54, 1.807) is 13.0 Å². The van der Waals surface area contributed by atoms with Gasteiger partial charge in [0.15, 0.2) is 11.5 Å². The van der Waals surface area contributed by atoms with Crippen LogP contribution in [-0.2, 0) is 4.79 Å². The Kier molecular flexibility index (Phi) is 3.93. The molecule has 142 valence electrons. The van der Waals surface area contributed by atoms with Crippen LogP contribution in [0.4, 0.5) is 4.39 Å². The van der Waals surface area contributed by atoms with E-state index in [0.717, 1.165) is 65.0 Å². The van der Waals surface area contributed by atoms with Crippen LogP contribution in [0.5, 0.6) is 0 Å². The van der Waals surface area contributed by atoms with Crippen LogP contribution < -0.4 is 0 Å². The average molecular weight is 377 g/mol. The van der Waals surface area contributed by atoms with Crippen LogP contribution >= 0.6 is 0 Å². The second kappa shape index (κ2) is 6.48. The summed E-state index contributed by atoms with van der Waals surface area (Å²) in [5.41, 5.74) is 4.35. The number of rotatable bonds is 2. The molecule has 5 nitrogen and oxygen atoms in total. The molecule has 28 heavy (non-hydrogen) atoms. The standard InChI is InChI=1S/C22H20FN3O2/c1-13(27)26-8-6-14(7-9-26)22-25-19-5-2-15(10-21(19)28-22)18-12-24-20-11-16(23)3-4-17(18)20/h2-5,10-12,14,24H,6-9H2,1H3. The summed E-state index contributed by atoms with van der Waals surface area (Å²) in [4.78, 5) is 21.2. The fraction of sp³-hybridized carbons (Fsp3) is 0.273. The van der Waals surface area contributed by atoms with Crippen molar-refractivity contribution in [3.63, 3.8) is 0 Å². The molecule has 3 heterocycles. The third kappa shape index (κ3) is 2.85. The van der Waals surface area contributed by atoms with Crippen LogP contribution in [0.2, 0.25) is 0 Å². The lowest BCUT2D eigenvalue weighted by Gasteiger charge is -2.29. The molecule has 6 heteroatoms. The number of amides is 1. The van der Waals surface area contributed by atoms with E-state index in [1.807, 2.05) is 29.3 Å². The number of halogens is 1. The number of hydrogen-bond donors (Lipinski definition) is 1. The van der Waals surface area contributed by atoms with Gasteiger partial charge in [-0.15, -0.1) is 0 Å². The maximum Gasteiger partial charge on any atom is 0.219 e. The molecule has 4 aromatic rings. The Morgan fingerprint density at radius 1 is 1.21 bits per heavy atom. The number of oxazole rings is 1. The summed E-state index contributed by atoms with van der Waals surface area (Å²) in [7, 11) is 0. The van der Waals surface area contributed by atoms with Gasteiger partial charge in [0.05, 0.1) is 0 Å². The van der Waals surface area contributed by atoms with E-state index < -0.39 is 0 Å². The van der Waals surface area contributed by atoms with Gasteiger partial charge in [-0.1, -0.05) is 6.07 Å². The van der Waals surface area contributed by atoms with Crippen molar-refractivity contribution in [2.45, 2.75) is 25.7 Å².